The molecule has 0 spiro atoms. The zero-order chi connectivity index (χ0) is 13.5. The third kappa shape index (κ3) is 1.75. The van der Waals surface area contributed by atoms with Gasteiger partial charge in [0.05, 0.1) is 0 Å². The van der Waals surface area contributed by atoms with Gasteiger partial charge < -0.3 is 0 Å². The first kappa shape index (κ1) is 11.7. The third-order valence-electron chi connectivity index (χ3n) is 3.44. The molecule has 0 saturated heterocycles. The van der Waals surface area contributed by atoms with Gasteiger partial charge in [-0.3, -0.25) is 0 Å². The van der Waals surface area contributed by atoms with Gasteiger partial charge in [-0.15, -0.1) is 0 Å². The van der Waals surface area contributed by atoms with Gasteiger partial charge in [-0.25, -0.2) is 0 Å². The zero-order valence-electron chi connectivity index (χ0n) is 10.6. The Balaban J connectivity index is 2.08. The van der Waals surface area contributed by atoms with Crippen LogP contribution in [0.25, 0.3) is 26.1 Å². The number of hydrogen-bond donors (Lipinski definition) is 0. The Kier molecular flexibility index (Phi) is 2.62. The Morgan fingerprint density at radius 3 is 2.20 bits per heavy atom. The molecule has 0 aliphatic rings. The van der Waals surface area contributed by atoms with E-state index >= 15 is 0 Å². The molecule has 0 fully saturated rings. The molecule has 0 amide bonds. The van der Waals surface area contributed by atoms with Gasteiger partial charge in [-0.2, -0.15) is 0 Å². The number of aromatic nitrogens is 1. The predicted octanol–water partition coefficient (Wildman–Crippen LogP) is 3.20. The summed E-state index contributed by atoms with van der Waals surface area (Å²) >= 11 is 0.0256. The number of hydrogen-bond acceptors (Lipinski definition) is 1. The average molecular weight is 324 g/mol. The van der Waals surface area contributed by atoms with E-state index in [4.69, 9.17) is 0 Å². The minimum atomic E-state index is 0.0256. The maximum atomic E-state index is 12.6. The molecular weight excluding hydrogens is 313 g/mol. The molecule has 0 N–H and O–H groups in total. The van der Waals surface area contributed by atoms with Crippen molar-refractivity contribution in [2.45, 2.75) is 0 Å². The molecule has 0 atom stereocenters. The summed E-state index contributed by atoms with van der Waals surface area (Å²) in [5.41, 5.74) is 1.11. The van der Waals surface area contributed by atoms with Crippen molar-refractivity contribution in [3.8, 4) is 5.69 Å². The topological polar surface area (TPSA) is 22.0 Å². The Bertz CT molecular complexity index is 967. The number of benzene rings is 3. The molecule has 3 heteroatoms. The summed E-state index contributed by atoms with van der Waals surface area (Å²) in [6.45, 7) is 0. The van der Waals surface area contributed by atoms with Gasteiger partial charge in [0.25, 0.3) is 0 Å². The molecule has 0 bridgehead atoms. The minimum absolute atomic E-state index is 0.0256. The van der Waals surface area contributed by atoms with Crippen LogP contribution in [0.2, 0.25) is 0 Å². The van der Waals surface area contributed by atoms with E-state index < -0.39 is 0 Å². The second kappa shape index (κ2) is 4.48. The molecule has 0 radical (unpaired) electrons. The fraction of sp³-hybridized carbons (Fsp3) is 0. The summed E-state index contributed by atoms with van der Waals surface area (Å²) in [4.78, 5) is 12.6. The molecule has 4 aromatic rings. The van der Waals surface area contributed by atoms with Crippen molar-refractivity contribution in [1.82, 2.24) is 3.56 Å². The summed E-state index contributed by atoms with van der Waals surface area (Å²) in [5.74, 6) is 0. The molecule has 1 heterocycles. The van der Waals surface area contributed by atoms with Crippen LogP contribution >= 0.6 is 0 Å². The summed E-state index contributed by atoms with van der Waals surface area (Å²) in [5, 5.41) is 3.19. The van der Waals surface area contributed by atoms with Crippen LogP contribution < -0.4 is 5.56 Å². The number of para-hydroxylation sites is 1. The van der Waals surface area contributed by atoms with Crippen LogP contribution in [0.15, 0.2) is 71.5 Å². The van der Waals surface area contributed by atoms with E-state index in [1.54, 1.807) is 0 Å². The van der Waals surface area contributed by atoms with Crippen molar-refractivity contribution < 1.29 is 0 Å². The number of nitrogens with zero attached hydrogens (tertiary/aromatic N) is 1. The fourth-order valence-corrected chi connectivity index (χ4v) is 4.60. The Hall–Kier alpha value is -2.09. The predicted molar refractivity (Wildman–Crippen MR) is 84.0 cm³/mol. The van der Waals surface area contributed by atoms with Gasteiger partial charge in [0.15, 0.2) is 0 Å². The number of rotatable bonds is 1. The fourth-order valence-electron chi connectivity index (χ4n) is 2.44. The van der Waals surface area contributed by atoms with Crippen LogP contribution in [-0.4, -0.2) is 18.3 Å². The zero-order valence-corrected chi connectivity index (χ0v) is 12.3. The molecule has 0 aliphatic carbocycles. The first-order chi connectivity index (χ1) is 9.83. The van der Waals surface area contributed by atoms with Gasteiger partial charge in [-0.05, 0) is 0 Å². The van der Waals surface area contributed by atoms with Crippen molar-refractivity contribution in [2.24, 2.45) is 0 Å². The second-order valence-electron chi connectivity index (χ2n) is 4.72. The van der Waals surface area contributed by atoms with E-state index in [1.807, 2.05) is 52.1 Å². The van der Waals surface area contributed by atoms with E-state index in [9.17, 15) is 4.79 Å². The van der Waals surface area contributed by atoms with E-state index in [1.165, 1.54) is 9.65 Å². The Morgan fingerprint density at radius 1 is 0.800 bits per heavy atom. The van der Waals surface area contributed by atoms with Gasteiger partial charge in [0, 0.05) is 0 Å². The first-order valence-corrected chi connectivity index (χ1v) is 8.05. The molecule has 0 aliphatic heterocycles. The summed E-state index contributed by atoms with van der Waals surface area (Å²) in [6.07, 6.45) is 0. The maximum absolute atomic E-state index is 12.6. The van der Waals surface area contributed by atoms with Crippen molar-refractivity contribution in [3.05, 3.63) is 77.1 Å². The molecule has 0 saturated carbocycles. The monoisotopic (exact) mass is 325 g/mol. The van der Waals surface area contributed by atoms with Gasteiger partial charge >= 0.3 is 121 Å². The normalized spacial score (nSPS) is 11.2. The van der Waals surface area contributed by atoms with Crippen LogP contribution in [-0.2, 0) is 0 Å². The molecule has 4 rings (SSSR count). The average Bonchev–Trinajstić information content (AvgIpc) is 2.83. The SMILES string of the molecule is O=c1c2cc3ccccc3cc2[se]n1-c1ccccc1. The van der Waals surface area contributed by atoms with Crippen LogP contribution in [0.1, 0.15) is 0 Å². The van der Waals surface area contributed by atoms with E-state index in [2.05, 4.69) is 18.2 Å². The summed E-state index contributed by atoms with van der Waals surface area (Å²) < 4.78 is 3.07. The molecule has 0 unspecified atom stereocenters. The van der Waals surface area contributed by atoms with Crippen molar-refractivity contribution in [3.63, 3.8) is 0 Å². The molecule has 1 aromatic heterocycles. The van der Waals surface area contributed by atoms with Crippen LogP contribution in [0.5, 0.6) is 0 Å². The molecule has 3 aromatic carbocycles. The molecule has 96 valence electrons. The molecule has 20 heavy (non-hydrogen) atoms. The van der Waals surface area contributed by atoms with Gasteiger partial charge in [0.2, 0.25) is 0 Å². The van der Waals surface area contributed by atoms with Crippen molar-refractivity contribution in [2.75, 3.05) is 0 Å². The molecular formula is C17H11NOSe. The quantitative estimate of drug-likeness (QED) is 0.493. The number of fused-ring (bicyclic) bond motifs is 2. The van der Waals surface area contributed by atoms with Crippen molar-refractivity contribution >= 4 is 35.2 Å². The standard InChI is InChI=1S/C17H11NOSe/c19-17-15-10-12-6-4-5-7-13(12)11-16(15)20-18(17)14-8-2-1-3-9-14/h1-11H. The summed E-state index contributed by atoms with van der Waals surface area (Å²) in [6, 6.07) is 22.3. The Labute approximate surface area is 121 Å². The van der Waals surface area contributed by atoms with E-state index in [0.717, 1.165) is 16.5 Å². The second-order valence-corrected chi connectivity index (χ2v) is 6.79. The third-order valence-corrected chi connectivity index (χ3v) is 5.74. The summed E-state index contributed by atoms with van der Waals surface area (Å²) in [7, 11) is 0. The van der Waals surface area contributed by atoms with Gasteiger partial charge in [0.1, 0.15) is 0 Å². The first-order valence-electron chi connectivity index (χ1n) is 6.43. The van der Waals surface area contributed by atoms with Crippen LogP contribution in [0.3, 0.4) is 0 Å². The van der Waals surface area contributed by atoms with E-state index in [0.29, 0.717) is 0 Å². The van der Waals surface area contributed by atoms with Crippen LogP contribution in [0, 0.1) is 0 Å². The molecule has 2 nitrogen and oxygen atoms in total. The van der Waals surface area contributed by atoms with Gasteiger partial charge in [-0.1, -0.05) is 0 Å². The Morgan fingerprint density at radius 2 is 1.45 bits per heavy atom. The van der Waals surface area contributed by atoms with E-state index in [-0.39, 0.29) is 20.3 Å². The van der Waals surface area contributed by atoms with Crippen molar-refractivity contribution in [1.29, 1.82) is 0 Å². The van der Waals surface area contributed by atoms with Crippen LogP contribution in [0.4, 0.5) is 0 Å².